The molecular weight excluding hydrogens is 250 g/mol. The molecule has 1 saturated carbocycles. The maximum Gasteiger partial charge on any atom is 0.325 e. The number of ether oxygens (including phenoxy) is 1. The van der Waals surface area contributed by atoms with Crippen LogP contribution in [-0.2, 0) is 19.1 Å². The molecule has 1 aliphatic carbocycles. The fraction of sp³-hybridized carbons (Fsp3) is 0.769. The number of hydrogen-bond donors (Lipinski definition) is 1. The van der Waals surface area contributed by atoms with Gasteiger partial charge in [-0.3, -0.25) is 14.4 Å². The number of carboxylic acids is 1. The van der Waals surface area contributed by atoms with Crippen molar-refractivity contribution in [2.24, 2.45) is 17.3 Å². The van der Waals surface area contributed by atoms with E-state index in [0.29, 0.717) is 13.0 Å². The van der Waals surface area contributed by atoms with Crippen molar-refractivity contribution in [2.45, 2.75) is 27.2 Å². The SMILES string of the molecule is CCCN(CC(=O)OC)C(=O)[C@H]1[C@@H](C(=O)O)C1(C)C. The Bertz CT molecular complexity index is 390. The Labute approximate surface area is 112 Å². The minimum absolute atomic E-state index is 0.123. The molecule has 108 valence electrons. The van der Waals surface area contributed by atoms with Crippen LogP contribution in [0.4, 0.5) is 0 Å². The lowest BCUT2D eigenvalue weighted by Crippen LogP contribution is -2.38. The lowest BCUT2D eigenvalue weighted by atomic mass is 10.1. The van der Waals surface area contributed by atoms with Crippen LogP contribution < -0.4 is 0 Å². The molecular formula is C13H21NO5. The molecule has 1 aliphatic rings. The van der Waals surface area contributed by atoms with Gasteiger partial charge in [0.2, 0.25) is 5.91 Å². The minimum atomic E-state index is -0.960. The summed E-state index contributed by atoms with van der Waals surface area (Å²) in [6, 6.07) is 0. The van der Waals surface area contributed by atoms with E-state index in [4.69, 9.17) is 5.11 Å². The van der Waals surface area contributed by atoms with Crippen LogP contribution in [0, 0.1) is 17.3 Å². The molecule has 6 nitrogen and oxygen atoms in total. The van der Waals surface area contributed by atoms with E-state index >= 15 is 0 Å². The van der Waals surface area contributed by atoms with Crippen LogP contribution in [0.25, 0.3) is 0 Å². The van der Waals surface area contributed by atoms with E-state index in [0.717, 1.165) is 0 Å². The van der Waals surface area contributed by atoms with Gasteiger partial charge in [-0.2, -0.15) is 0 Å². The van der Waals surface area contributed by atoms with E-state index in [2.05, 4.69) is 4.74 Å². The molecule has 1 rings (SSSR count). The van der Waals surface area contributed by atoms with Crippen LogP contribution in [-0.4, -0.2) is 48.1 Å². The highest BCUT2D eigenvalue weighted by atomic mass is 16.5. The topological polar surface area (TPSA) is 83.9 Å². The fourth-order valence-corrected chi connectivity index (χ4v) is 2.51. The predicted octanol–water partition coefficient (Wildman–Crippen LogP) is 0.755. The molecule has 0 bridgehead atoms. The van der Waals surface area contributed by atoms with E-state index in [-0.39, 0.29) is 12.5 Å². The average Bonchev–Trinajstić information content (AvgIpc) is 2.90. The second-order valence-electron chi connectivity index (χ2n) is 5.45. The molecule has 0 heterocycles. The van der Waals surface area contributed by atoms with Gasteiger partial charge in [-0.05, 0) is 11.8 Å². The van der Waals surface area contributed by atoms with Gasteiger partial charge in [0.25, 0.3) is 0 Å². The molecule has 0 aromatic carbocycles. The Hall–Kier alpha value is -1.59. The number of rotatable bonds is 6. The number of carboxylic acid groups (broad SMARTS) is 1. The van der Waals surface area contributed by atoms with Crippen molar-refractivity contribution >= 4 is 17.8 Å². The Morgan fingerprint density at radius 3 is 2.21 bits per heavy atom. The molecule has 0 saturated heterocycles. The number of carbonyl (C=O) groups excluding carboxylic acids is 2. The van der Waals surface area contributed by atoms with Crippen LogP contribution in [0.2, 0.25) is 0 Å². The molecule has 0 aromatic heterocycles. The van der Waals surface area contributed by atoms with Crippen molar-refractivity contribution in [3.63, 3.8) is 0 Å². The van der Waals surface area contributed by atoms with Crippen LogP contribution >= 0.6 is 0 Å². The molecule has 1 amide bonds. The summed E-state index contributed by atoms with van der Waals surface area (Å²) >= 11 is 0. The van der Waals surface area contributed by atoms with E-state index in [1.54, 1.807) is 13.8 Å². The third-order valence-electron chi connectivity index (χ3n) is 3.71. The summed E-state index contributed by atoms with van der Waals surface area (Å²) in [5.74, 6) is -2.95. The Kier molecular flexibility index (Phi) is 4.55. The van der Waals surface area contributed by atoms with Crippen molar-refractivity contribution in [1.82, 2.24) is 4.90 Å². The second kappa shape index (κ2) is 5.59. The number of amides is 1. The van der Waals surface area contributed by atoms with Crippen LogP contribution in [0.3, 0.4) is 0 Å². The van der Waals surface area contributed by atoms with E-state index in [9.17, 15) is 14.4 Å². The van der Waals surface area contributed by atoms with Gasteiger partial charge in [0.1, 0.15) is 6.54 Å². The third-order valence-corrected chi connectivity index (χ3v) is 3.71. The van der Waals surface area contributed by atoms with Crippen molar-refractivity contribution in [3.05, 3.63) is 0 Å². The van der Waals surface area contributed by atoms with Gasteiger partial charge >= 0.3 is 11.9 Å². The third kappa shape index (κ3) is 3.05. The second-order valence-corrected chi connectivity index (χ2v) is 5.45. The highest BCUT2D eigenvalue weighted by Crippen LogP contribution is 2.59. The molecule has 1 fully saturated rings. The Morgan fingerprint density at radius 2 is 1.84 bits per heavy atom. The van der Waals surface area contributed by atoms with E-state index in [1.807, 2.05) is 6.92 Å². The zero-order valence-electron chi connectivity index (χ0n) is 11.8. The van der Waals surface area contributed by atoms with Gasteiger partial charge < -0.3 is 14.7 Å². The number of methoxy groups -OCH3 is 1. The zero-order chi connectivity index (χ0) is 14.8. The molecule has 6 heteroatoms. The maximum atomic E-state index is 12.3. The summed E-state index contributed by atoms with van der Waals surface area (Å²) in [6.45, 7) is 5.71. The highest BCUT2D eigenvalue weighted by Gasteiger charge is 2.66. The van der Waals surface area contributed by atoms with Gasteiger partial charge in [-0.15, -0.1) is 0 Å². The molecule has 0 radical (unpaired) electrons. The number of hydrogen-bond acceptors (Lipinski definition) is 4. The normalized spacial score (nSPS) is 23.6. The van der Waals surface area contributed by atoms with Crippen LogP contribution in [0.5, 0.6) is 0 Å². The van der Waals surface area contributed by atoms with Gasteiger partial charge in [-0.1, -0.05) is 20.8 Å². The first-order valence-corrected chi connectivity index (χ1v) is 6.35. The van der Waals surface area contributed by atoms with Crippen molar-refractivity contribution in [2.75, 3.05) is 20.2 Å². The molecule has 2 atom stereocenters. The highest BCUT2D eigenvalue weighted by molar-refractivity contribution is 5.93. The lowest BCUT2D eigenvalue weighted by Gasteiger charge is -2.21. The van der Waals surface area contributed by atoms with Crippen molar-refractivity contribution in [1.29, 1.82) is 0 Å². The minimum Gasteiger partial charge on any atom is -0.481 e. The molecule has 19 heavy (non-hydrogen) atoms. The van der Waals surface area contributed by atoms with Crippen LogP contribution in [0.15, 0.2) is 0 Å². The summed E-state index contributed by atoms with van der Waals surface area (Å²) in [5, 5.41) is 9.09. The Balaban J connectivity index is 2.78. The lowest BCUT2D eigenvalue weighted by molar-refractivity contribution is -0.148. The summed E-state index contributed by atoms with van der Waals surface area (Å²) in [7, 11) is 1.26. The van der Waals surface area contributed by atoms with Gasteiger partial charge in [0.15, 0.2) is 0 Å². The summed E-state index contributed by atoms with van der Waals surface area (Å²) < 4.78 is 4.55. The predicted molar refractivity (Wildman–Crippen MR) is 67.3 cm³/mol. The monoisotopic (exact) mass is 271 g/mol. The summed E-state index contributed by atoms with van der Waals surface area (Å²) in [6.07, 6.45) is 0.702. The van der Waals surface area contributed by atoms with E-state index < -0.39 is 29.2 Å². The van der Waals surface area contributed by atoms with Crippen molar-refractivity contribution < 1.29 is 24.2 Å². The first-order valence-electron chi connectivity index (χ1n) is 6.35. The van der Waals surface area contributed by atoms with Gasteiger partial charge in [-0.25, -0.2) is 0 Å². The molecule has 0 spiro atoms. The standard InChI is InChI=1S/C13H21NO5/c1-5-6-14(7-8(15)19-4)11(16)9-10(12(17)18)13(9,2)3/h9-10H,5-7H2,1-4H3,(H,17,18)/t9-,10+/m1/s1. The number of nitrogens with zero attached hydrogens (tertiary/aromatic N) is 1. The first-order chi connectivity index (χ1) is 8.77. The van der Waals surface area contributed by atoms with Gasteiger partial charge in [0.05, 0.1) is 18.9 Å². The average molecular weight is 271 g/mol. The van der Waals surface area contributed by atoms with Gasteiger partial charge in [0, 0.05) is 6.54 Å². The molecule has 0 aromatic rings. The molecule has 0 unspecified atom stereocenters. The van der Waals surface area contributed by atoms with Crippen LogP contribution in [0.1, 0.15) is 27.2 Å². The molecule has 0 aliphatic heterocycles. The fourth-order valence-electron chi connectivity index (χ4n) is 2.51. The summed E-state index contributed by atoms with van der Waals surface area (Å²) in [4.78, 5) is 36.1. The first kappa shape index (κ1) is 15.5. The number of esters is 1. The molecule has 1 N–H and O–H groups in total. The largest absolute Gasteiger partial charge is 0.481 e. The van der Waals surface area contributed by atoms with E-state index in [1.165, 1.54) is 12.0 Å². The Morgan fingerprint density at radius 1 is 1.26 bits per heavy atom. The smallest absolute Gasteiger partial charge is 0.325 e. The summed E-state index contributed by atoms with van der Waals surface area (Å²) in [5.41, 5.74) is -0.551. The van der Waals surface area contributed by atoms with Crippen molar-refractivity contribution in [3.8, 4) is 0 Å². The number of aliphatic carboxylic acids is 1. The quantitative estimate of drug-likeness (QED) is 0.721. The number of carbonyl (C=O) groups is 3. The maximum absolute atomic E-state index is 12.3. The zero-order valence-corrected chi connectivity index (χ0v) is 11.8.